The molecule has 0 radical (unpaired) electrons. The third-order valence-corrected chi connectivity index (χ3v) is 3.17. The maximum Gasteiger partial charge on any atom is 0.407 e. The van der Waals surface area contributed by atoms with E-state index < -0.39 is 23.9 Å². The molecular weight excluding hydrogens is 310 g/mol. The predicted octanol–water partition coefficient (Wildman–Crippen LogP) is 1.75. The molecule has 22 heavy (non-hydrogen) atoms. The van der Waals surface area contributed by atoms with E-state index in [1.165, 1.54) is 12.1 Å². The number of aliphatic hydroxyl groups excluding tert-OH is 3. The van der Waals surface area contributed by atoms with Crippen LogP contribution in [-0.2, 0) is 11.3 Å². The maximum absolute atomic E-state index is 11.5. The van der Waals surface area contributed by atoms with Gasteiger partial charge < -0.3 is 25.4 Å². The van der Waals surface area contributed by atoms with Crippen LogP contribution in [0.25, 0.3) is 0 Å². The first-order valence-corrected chi connectivity index (χ1v) is 7.24. The molecule has 0 spiro atoms. The molecule has 0 aromatic heterocycles. The summed E-state index contributed by atoms with van der Waals surface area (Å²) in [5.41, 5.74) is 0.206. The third-order valence-electron chi connectivity index (χ3n) is 2.80. The molecule has 6 nitrogen and oxygen atoms in total. The highest BCUT2D eigenvalue weighted by Crippen LogP contribution is 2.23. The van der Waals surface area contributed by atoms with Crippen LogP contribution in [0.5, 0.6) is 0 Å². The first-order chi connectivity index (χ1) is 10.1. The normalized spacial score (nSPS) is 14.3. The SMILES string of the molecule is CC(C)(C)OC(=O)NCC(O)C(O)c1ccc(Cl)c(CO)c1. The highest BCUT2D eigenvalue weighted by Gasteiger charge is 2.22. The van der Waals surface area contributed by atoms with Crippen molar-refractivity contribution in [3.63, 3.8) is 0 Å². The van der Waals surface area contributed by atoms with Gasteiger partial charge in [-0.3, -0.25) is 0 Å². The van der Waals surface area contributed by atoms with Gasteiger partial charge in [0.15, 0.2) is 0 Å². The number of carbonyl (C=O) groups excluding carboxylic acids is 1. The number of aliphatic hydroxyl groups is 3. The zero-order valence-electron chi connectivity index (χ0n) is 12.8. The predicted molar refractivity (Wildman–Crippen MR) is 82.6 cm³/mol. The number of hydrogen-bond donors (Lipinski definition) is 4. The van der Waals surface area contributed by atoms with Gasteiger partial charge in [-0.25, -0.2) is 4.79 Å². The average molecular weight is 332 g/mol. The summed E-state index contributed by atoms with van der Waals surface area (Å²) >= 11 is 5.87. The summed E-state index contributed by atoms with van der Waals surface area (Å²) in [6, 6.07) is 4.58. The standard InChI is InChI=1S/C15H22ClNO5/c1-15(2,3)22-14(21)17-7-12(19)13(20)9-4-5-11(16)10(6-9)8-18/h4-6,12-13,18-20H,7-8H2,1-3H3,(H,17,21). The molecule has 2 atom stereocenters. The number of rotatable bonds is 5. The van der Waals surface area contributed by atoms with Gasteiger partial charge in [0.2, 0.25) is 0 Å². The van der Waals surface area contributed by atoms with Crippen LogP contribution < -0.4 is 5.32 Å². The second-order valence-corrected chi connectivity index (χ2v) is 6.31. The molecule has 2 unspecified atom stereocenters. The Morgan fingerprint density at radius 1 is 1.36 bits per heavy atom. The van der Waals surface area contributed by atoms with E-state index in [1.54, 1.807) is 26.8 Å². The van der Waals surface area contributed by atoms with Crippen LogP contribution in [0.1, 0.15) is 38.0 Å². The lowest BCUT2D eigenvalue weighted by Gasteiger charge is -2.22. The Morgan fingerprint density at radius 3 is 2.55 bits per heavy atom. The molecule has 0 aliphatic heterocycles. The van der Waals surface area contributed by atoms with Crippen molar-refractivity contribution in [3.05, 3.63) is 34.3 Å². The number of hydrogen-bond acceptors (Lipinski definition) is 5. The number of nitrogens with one attached hydrogen (secondary N) is 1. The minimum Gasteiger partial charge on any atom is -0.444 e. The summed E-state index contributed by atoms with van der Waals surface area (Å²) in [5, 5.41) is 31.9. The van der Waals surface area contributed by atoms with Gasteiger partial charge in [0.1, 0.15) is 17.8 Å². The van der Waals surface area contributed by atoms with Gasteiger partial charge in [0.05, 0.1) is 6.61 Å². The number of amides is 1. The van der Waals surface area contributed by atoms with Gasteiger partial charge in [-0.05, 0) is 44.0 Å². The molecule has 0 saturated heterocycles. The number of halogens is 1. The minimum atomic E-state index is -1.22. The molecule has 0 bridgehead atoms. The van der Waals surface area contributed by atoms with E-state index in [4.69, 9.17) is 21.4 Å². The fraction of sp³-hybridized carbons (Fsp3) is 0.533. The highest BCUT2D eigenvalue weighted by molar-refractivity contribution is 6.31. The molecule has 0 saturated carbocycles. The molecule has 4 N–H and O–H groups in total. The molecule has 124 valence electrons. The van der Waals surface area contributed by atoms with Gasteiger partial charge in [-0.1, -0.05) is 17.7 Å². The van der Waals surface area contributed by atoms with E-state index in [2.05, 4.69) is 5.32 Å². The quantitative estimate of drug-likeness (QED) is 0.659. The van der Waals surface area contributed by atoms with Crippen LogP contribution in [0.4, 0.5) is 4.79 Å². The molecule has 1 amide bonds. The summed E-state index contributed by atoms with van der Waals surface area (Å²) in [6.45, 7) is 4.73. The van der Waals surface area contributed by atoms with Crippen molar-refractivity contribution in [2.24, 2.45) is 0 Å². The highest BCUT2D eigenvalue weighted by atomic mass is 35.5. The fourth-order valence-electron chi connectivity index (χ4n) is 1.74. The minimum absolute atomic E-state index is 0.173. The van der Waals surface area contributed by atoms with E-state index in [0.717, 1.165) is 0 Å². The van der Waals surface area contributed by atoms with Crippen molar-refractivity contribution in [3.8, 4) is 0 Å². The third kappa shape index (κ3) is 5.81. The lowest BCUT2D eigenvalue weighted by molar-refractivity contribution is 0.0129. The summed E-state index contributed by atoms with van der Waals surface area (Å²) in [6.07, 6.45) is -3.12. The Hall–Kier alpha value is -1.34. The lowest BCUT2D eigenvalue weighted by Crippen LogP contribution is -2.38. The molecular formula is C15H22ClNO5. The van der Waals surface area contributed by atoms with Crippen molar-refractivity contribution in [1.82, 2.24) is 5.32 Å². The first-order valence-electron chi connectivity index (χ1n) is 6.86. The van der Waals surface area contributed by atoms with Gasteiger partial charge in [0, 0.05) is 11.6 Å². The molecule has 0 fully saturated rings. The van der Waals surface area contributed by atoms with E-state index in [0.29, 0.717) is 16.1 Å². The number of benzene rings is 1. The molecule has 0 heterocycles. The summed E-state index contributed by atoms with van der Waals surface area (Å²) in [5.74, 6) is 0. The van der Waals surface area contributed by atoms with E-state index >= 15 is 0 Å². The zero-order chi connectivity index (χ0) is 16.9. The molecule has 1 aromatic rings. The Kier molecular flexibility index (Phi) is 6.62. The van der Waals surface area contributed by atoms with E-state index in [9.17, 15) is 15.0 Å². The van der Waals surface area contributed by atoms with Gasteiger partial charge in [0.25, 0.3) is 0 Å². The van der Waals surface area contributed by atoms with Crippen molar-refractivity contribution < 1.29 is 24.9 Å². The number of carbonyl (C=O) groups is 1. The number of ether oxygens (including phenoxy) is 1. The topological polar surface area (TPSA) is 99.0 Å². The van der Waals surface area contributed by atoms with Crippen LogP contribution in [0.3, 0.4) is 0 Å². The zero-order valence-corrected chi connectivity index (χ0v) is 13.6. The molecule has 1 rings (SSSR count). The fourth-order valence-corrected chi connectivity index (χ4v) is 1.91. The molecule has 7 heteroatoms. The second-order valence-electron chi connectivity index (χ2n) is 5.90. The van der Waals surface area contributed by atoms with Crippen LogP contribution in [0.15, 0.2) is 18.2 Å². The second kappa shape index (κ2) is 7.78. The van der Waals surface area contributed by atoms with Crippen molar-refractivity contribution in [1.29, 1.82) is 0 Å². The smallest absolute Gasteiger partial charge is 0.407 e. The van der Waals surface area contributed by atoms with Crippen LogP contribution in [0, 0.1) is 0 Å². The van der Waals surface area contributed by atoms with Gasteiger partial charge in [-0.2, -0.15) is 0 Å². The Morgan fingerprint density at radius 2 is 2.00 bits per heavy atom. The molecule has 0 aliphatic carbocycles. The van der Waals surface area contributed by atoms with Crippen LogP contribution >= 0.6 is 11.6 Å². The maximum atomic E-state index is 11.5. The number of alkyl carbamates (subject to hydrolysis) is 1. The largest absolute Gasteiger partial charge is 0.444 e. The summed E-state index contributed by atoms with van der Waals surface area (Å²) < 4.78 is 5.03. The molecule has 1 aromatic carbocycles. The van der Waals surface area contributed by atoms with Gasteiger partial charge in [-0.15, -0.1) is 0 Å². The Labute approximate surface area is 134 Å². The first kappa shape index (κ1) is 18.7. The van der Waals surface area contributed by atoms with E-state index in [1.807, 2.05) is 0 Å². The van der Waals surface area contributed by atoms with Crippen molar-refractivity contribution >= 4 is 17.7 Å². The monoisotopic (exact) mass is 331 g/mol. The lowest BCUT2D eigenvalue weighted by atomic mass is 10.0. The average Bonchev–Trinajstić information content (AvgIpc) is 2.42. The molecule has 0 aliphatic rings. The Balaban J connectivity index is 2.62. The van der Waals surface area contributed by atoms with Crippen molar-refractivity contribution in [2.75, 3.05) is 6.54 Å². The van der Waals surface area contributed by atoms with Gasteiger partial charge >= 0.3 is 6.09 Å². The summed E-state index contributed by atoms with van der Waals surface area (Å²) in [4.78, 5) is 11.5. The van der Waals surface area contributed by atoms with Crippen LogP contribution in [-0.4, -0.2) is 39.7 Å². The van der Waals surface area contributed by atoms with Crippen molar-refractivity contribution in [2.45, 2.75) is 45.2 Å². The summed E-state index contributed by atoms with van der Waals surface area (Å²) in [7, 11) is 0. The van der Waals surface area contributed by atoms with E-state index in [-0.39, 0.29) is 13.2 Å². The van der Waals surface area contributed by atoms with Crippen LogP contribution in [0.2, 0.25) is 5.02 Å². The Bertz CT molecular complexity index is 515.